The van der Waals surface area contributed by atoms with Gasteiger partial charge in [0.25, 0.3) is 5.69 Å². The Balaban J connectivity index is 2.27. The molecule has 0 aliphatic carbocycles. The van der Waals surface area contributed by atoms with Crippen molar-refractivity contribution in [2.24, 2.45) is 10.8 Å². The maximum Gasteiger partial charge on any atom is 0.332 e. The Bertz CT molecular complexity index is 678. The average Bonchev–Trinajstić information content (AvgIpc) is 2.87. The highest BCUT2D eigenvalue weighted by Gasteiger charge is 2.16. The van der Waals surface area contributed by atoms with Crippen molar-refractivity contribution in [3.8, 4) is 11.3 Å². The van der Waals surface area contributed by atoms with Crippen molar-refractivity contribution in [2.75, 3.05) is 0 Å². The molecule has 0 unspecified atom stereocenters. The van der Waals surface area contributed by atoms with Crippen molar-refractivity contribution >= 4 is 17.9 Å². The number of carbonyl (C=O) groups excluding carboxylic acids is 1. The van der Waals surface area contributed by atoms with Crippen LogP contribution in [0.3, 0.4) is 0 Å². The normalized spacial score (nSPS) is 10.6. The van der Waals surface area contributed by atoms with E-state index in [1.54, 1.807) is 30.3 Å². The molecule has 1 heterocycles. The summed E-state index contributed by atoms with van der Waals surface area (Å²) in [6.07, 6.45) is 1.24. The van der Waals surface area contributed by atoms with E-state index in [1.165, 1.54) is 12.3 Å². The molecule has 0 radical (unpaired) electrons. The van der Waals surface area contributed by atoms with E-state index in [0.717, 1.165) is 0 Å². The van der Waals surface area contributed by atoms with Gasteiger partial charge in [-0.05, 0) is 18.2 Å². The fourth-order valence-electron chi connectivity index (χ4n) is 1.57. The molecular weight excluding hydrogens is 264 g/mol. The Hall–Kier alpha value is -3.16. The molecule has 1 aromatic heterocycles. The maximum absolute atomic E-state index is 10.9. The number of urea groups is 1. The van der Waals surface area contributed by atoms with Gasteiger partial charge in [-0.25, -0.2) is 10.2 Å². The number of para-hydroxylation sites is 1. The molecule has 0 saturated carbocycles. The second-order valence-corrected chi connectivity index (χ2v) is 3.71. The number of amides is 2. The lowest BCUT2D eigenvalue weighted by Gasteiger charge is -1.98. The van der Waals surface area contributed by atoms with Gasteiger partial charge in [-0.2, -0.15) is 5.10 Å². The van der Waals surface area contributed by atoms with E-state index in [2.05, 4.69) is 5.10 Å². The number of hydrazone groups is 1. The summed E-state index contributed by atoms with van der Waals surface area (Å²) in [7, 11) is 0. The molecule has 3 N–H and O–H groups in total. The summed E-state index contributed by atoms with van der Waals surface area (Å²) in [6.45, 7) is 0. The number of nitrogens with zero attached hydrogens (tertiary/aromatic N) is 2. The van der Waals surface area contributed by atoms with Gasteiger partial charge in [0.2, 0.25) is 0 Å². The van der Waals surface area contributed by atoms with Gasteiger partial charge in [0.15, 0.2) is 0 Å². The van der Waals surface area contributed by atoms with Gasteiger partial charge in [-0.3, -0.25) is 10.1 Å². The minimum Gasteiger partial charge on any atom is -0.455 e. The summed E-state index contributed by atoms with van der Waals surface area (Å²) in [4.78, 5) is 20.9. The van der Waals surface area contributed by atoms with Gasteiger partial charge in [0.1, 0.15) is 11.5 Å². The van der Waals surface area contributed by atoms with Gasteiger partial charge in [-0.15, -0.1) is 0 Å². The topological polar surface area (TPSA) is 124 Å². The number of nitrogens with one attached hydrogen (secondary N) is 1. The Morgan fingerprint density at radius 2 is 2.10 bits per heavy atom. The number of benzene rings is 1. The number of primary amides is 1. The predicted molar refractivity (Wildman–Crippen MR) is 71.1 cm³/mol. The quantitative estimate of drug-likeness (QED) is 0.501. The fourth-order valence-corrected chi connectivity index (χ4v) is 1.57. The van der Waals surface area contributed by atoms with Crippen LogP contribution >= 0.6 is 0 Å². The molecule has 2 amide bonds. The van der Waals surface area contributed by atoms with Crippen molar-refractivity contribution in [2.45, 2.75) is 0 Å². The van der Waals surface area contributed by atoms with Crippen LogP contribution in [0.1, 0.15) is 5.76 Å². The number of rotatable bonds is 4. The van der Waals surface area contributed by atoms with Crippen LogP contribution < -0.4 is 11.2 Å². The summed E-state index contributed by atoms with van der Waals surface area (Å²) >= 11 is 0. The highest BCUT2D eigenvalue weighted by Crippen LogP contribution is 2.30. The first-order valence-electron chi connectivity index (χ1n) is 5.50. The molecule has 8 nitrogen and oxygen atoms in total. The highest BCUT2D eigenvalue weighted by molar-refractivity contribution is 5.80. The van der Waals surface area contributed by atoms with Crippen LogP contribution in [0.25, 0.3) is 11.3 Å². The molecule has 0 aliphatic heterocycles. The number of nitrogens with two attached hydrogens (primary N) is 1. The van der Waals surface area contributed by atoms with Gasteiger partial charge < -0.3 is 10.2 Å². The summed E-state index contributed by atoms with van der Waals surface area (Å²) in [5.74, 6) is 0.657. The van der Waals surface area contributed by atoms with Gasteiger partial charge in [-0.1, -0.05) is 12.1 Å². The summed E-state index contributed by atoms with van der Waals surface area (Å²) in [6, 6.07) is 8.56. The molecule has 102 valence electrons. The third-order valence-electron chi connectivity index (χ3n) is 2.36. The number of furan rings is 1. The van der Waals surface area contributed by atoms with Crippen molar-refractivity contribution in [3.63, 3.8) is 0 Å². The largest absolute Gasteiger partial charge is 0.455 e. The number of hydrogen-bond acceptors (Lipinski definition) is 5. The Kier molecular flexibility index (Phi) is 3.75. The van der Waals surface area contributed by atoms with Crippen LogP contribution in [0.4, 0.5) is 10.5 Å². The van der Waals surface area contributed by atoms with Crippen LogP contribution in [0, 0.1) is 10.1 Å². The minimum atomic E-state index is -0.799. The molecule has 0 aliphatic rings. The SMILES string of the molecule is NC(=O)NN=Cc1ccc(-c2ccccc2[N+](=O)[O-])o1. The zero-order valence-corrected chi connectivity index (χ0v) is 10.1. The first-order valence-corrected chi connectivity index (χ1v) is 5.50. The first-order chi connectivity index (χ1) is 9.58. The second-order valence-electron chi connectivity index (χ2n) is 3.71. The van der Waals surface area contributed by atoms with Crippen LogP contribution in [0.2, 0.25) is 0 Å². The lowest BCUT2D eigenvalue weighted by atomic mass is 10.1. The van der Waals surface area contributed by atoms with E-state index in [-0.39, 0.29) is 5.69 Å². The second kappa shape index (κ2) is 5.65. The first kappa shape index (κ1) is 13.3. The molecular formula is C12H10N4O4. The van der Waals surface area contributed by atoms with E-state index in [0.29, 0.717) is 17.1 Å². The summed E-state index contributed by atoms with van der Waals surface area (Å²) in [5, 5.41) is 14.5. The molecule has 0 atom stereocenters. The summed E-state index contributed by atoms with van der Waals surface area (Å²) in [5.41, 5.74) is 7.16. The number of carbonyl (C=O) groups is 1. The smallest absolute Gasteiger partial charge is 0.332 e. The molecule has 2 rings (SSSR count). The lowest BCUT2D eigenvalue weighted by Crippen LogP contribution is -2.24. The molecule has 8 heteroatoms. The third kappa shape index (κ3) is 2.99. The molecule has 0 fully saturated rings. The molecule has 20 heavy (non-hydrogen) atoms. The van der Waals surface area contributed by atoms with E-state index in [9.17, 15) is 14.9 Å². The number of nitro groups is 1. The highest BCUT2D eigenvalue weighted by atomic mass is 16.6. The Labute approximate surface area is 113 Å². The van der Waals surface area contributed by atoms with Gasteiger partial charge in [0, 0.05) is 6.07 Å². The number of nitro benzene ring substituents is 1. The molecule has 1 aromatic carbocycles. The minimum absolute atomic E-state index is 0.0550. The molecule has 0 bridgehead atoms. The molecule has 2 aromatic rings. The Morgan fingerprint density at radius 1 is 1.35 bits per heavy atom. The van der Waals surface area contributed by atoms with Crippen molar-refractivity contribution in [3.05, 3.63) is 52.3 Å². The standard InChI is InChI=1S/C12H10N4O4/c13-12(17)15-14-7-8-5-6-11(20-8)9-3-1-2-4-10(9)16(18)19/h1-7H,(H3,13,15,17). The Morgan fingerprint density at radius 3 is 2.80 bits per heavy atom. The number of hydrogen-bond donors (Lipinski definition) is 2. The van der Waals surface area contributed by atoms with Crippen molar-refractivity contribution in [1.82, 2.24) is 5.43 Å². The zero-order chi connectivity index (χ0) is 14.5. The van der Waals surface area contributed by atoms with Crippen LogP contribution in [-0.2, 0) is 0 Å². The molecule has 0 spiro atoms. The van der Waals surface area contributed by atoms with E-state index < -0.39 is 11.0 Å². The maximum atomic E-state index is 10.9. The molecule has 0 saturated heterocycles. The average molecular weight is 274 g/mol. The predicted octanol–water partition coefficient (Wildman–Crippen LogP) is 1.86. The third-order valence-corrected chi connectivity index (χ3v) is 2.36. The van der Waals surface area contributed by atoms with Crippen LogP contribution in [-0.4, -0.2) is 17.2 Å². The lowest BCUT2D eigenvalue weighted by molar-refractivity contribution is -0.384. The van der Waals surface area contributed by atoms with Crippen molar-refractivity contribution in [1.29, 1.82) is 0 Å². The van der Waals surface area contributed by atoms with E-state index in [4.69, 9.17) is 10.2 Å². The van der Waals surface area contributed by atoms with Crippen LogP contribution in [0.5, 0.6) is 0 Å². The monoisotopic (exact) mass is 274 g/mol. The summed E-state index contributed by atoms with van der Waals surface area (Å²) < 4.78 is 5.40. The van der Waals surface area contributed by atoms with Gasteiger partial charge in [0.05, 0.1) is 16.7 Å². The van der Waals surface area contributed by atoms with Crippen molar-refractivity contribution < 1.29 is 14.1 Å². The fraction of sp³-hybridized carbons (Fsp3) is 0. The van der Waals surface area contributed by atoms with E-state index >= 15 is 0 Å². The zero-order valence-electron chi connectivity index (χ0n) is 10.1. The van der Waals surface area contributed by atoms with E-state index in [1.807, 2.05) is 5.43 Å². The van der Waals surface area contributed by atoms with Gasteiger partial charge >= 0.3 is 6.03 Å². The van der Waals surface area contributed by atoms with Crippen LogP contribution in [0.15, 0.2) is 45.9 Å².